The maximum Gasteiger partial charge on any atom is 0.326 e. The van der Waals surface area contributed by atoms with Crippen LogP contribution >= 0.6 is 23.1 Å². The van der Waals surface area contributed by atoms with Gasteiger partial charge in [-0.25, -0.2) is 9.29 Å². The number of carbonyl (C=O) groups excluding carboxylic acids is 3. The SMILES string of the molecule is CCOC(=O)Cn1c2c(sc1=O)C(c1cccnc1)C1C(=O)N(c3ccc(F)cc3)C(=O)C1S2. The molecule has 0 spiro atoms. The van der Waals surface area contributed by atoms with Gasteiger partial charge in [-0.3, -0.25) is 28.7 Å². The highest BCUT2D eigenvalue weighted by atomic mass is 32.2. The van der Waals surface area contributed by atoms with E-state index in [1.54, 1.807) is 31.5 Å². The molecule has 0 N–H and O–H groups in total. The second-order valence-corrected chi connectivity index (χ2v) is 9.87. The lowest BCUT2D eigenvalue weighted by molar-refractivity contribution is -0.144. The van der Waals surface area contributed by atoms with Crippen LogP contribution in [0.25, 0.3) is 0 Å². The quantitative estimate of drug-likeness (QED) is 0.393. The topological polar surface area (TPSA) is 98.6 Å². The predicted molar refractivity (Wildman–Crippen MR) is 123 cm³/mol. The maximum atomic E-state index is 13.6. The van der Waals surface area contributed by atoms with Crippen molar-refractivity contribution >= 4 is 46.6 Å². The standard InChI is InChI=1S/C23H18FN3O5S2/c1-2-32-15(28)11-26-22-19(34-23(26)31)16(12-4-3-9-25-10-12)17-18(33-22)21(30)27(20(17)29)14-7-5-13(24)6-8-14/h3-10,16-18H,2,11H2,1H3. The molecular weight excluding hydrogens is 481 g/mol. The van der Waals surface area contributed by atoms with Gasteiger partial charge in [0.05, 0.1) is 23.2 Å². The van der Waals surface area contributed by atoms with Crippen molar-refractivity contribution in [2.45, 2.75) is 29.7 Å². The molecule has 0 saturated carbocycles. The highest BCUT2D eigenvalue weighted by Gasteiger charge is 2.56. The number of ether oxygens (including phenoxy) is 1. The molecule has 3 aromatic rings. The number of thiazole rings is 1. The second-order valence-electron chi connectivity index (χ2n) is 7.75. The third kappa shape index (κ3) is 3.64. The van der Waals surface area contributed by atoms with Crippen molar-refractivity contribution < 1.29 is 23.5 Å². The van der Waals surface area contributed by atoms with Crippen LogP contribution in [0, 0.1) is 11.7 Å². The van der Waals surface area contributed by atoms with Crippen LogP contribution in [0.2, 0.25) is 0 Å². The number of carbonyl (C=O) groups is 3. The van der Waals surface area contributed by atoms with Crippen molar-refractivity contribution in [1.82, 2.24) is 9.55 Å². The van der Waals surface area contributed by atoms with Gasteiger partial charge in [-0.2, -0.15) is 0 Å². The summed E-state index contributed by atoms with van der Waals surface area (Å²) in [6, 6.07) is 8.68. The molecule has 4 heterocycles. The van der Waals surface area contributed by atoms with Crippen molar-refractivity contribution in [3.63, 3.8) is 0 Å². The first kappa shape index (κ1) is 22.5. The number of anilines is 1. The number of amides is 2. The molecule has 1 aromatic carbocycles. The molecule has 8 nitrogen and oxygen atoms in total. The van der Waals surface area contributed by atoms with E-state index in [1.807, 2.05) is 0 Å². The first-order chi connectivity index (χ1) is 16.4. The number of halogens is 1. The Bertz CT molecular complexity index is 1340. The van der Waals surface area contributed by atoms with Gasteiger partial charge in [-0.05, 0) is 42.8 Å². The van der Waals surface area contributed by atoms with Gasteiger partial charge in [0.2, 0.25) is 11.8 Å². The van der Waals surface area contributed by atoms with Crippen LogP contribution in [0.15, 0.2) is 58.6 Å². The molecule has 3 atom stereocenters. The minimum absolute atomic E-state index is 0.176. The number of esters is 1. The van der Waals surface area contributed by atoms with E-state index in [4.69, 9.17) is 4.74 Å². The third-order valence-corrected chi connectivity index (χ3v) is 8.37. The number of rotatable bonds is 5. The summed E-state index contributed by atoms with van der Waals surface area (Å²) in [4.78, 5) is 57.6. The molecule has 174 valence electrons. The zero-order chi connectivity index (χ0) is 24.0. The average Bonchev–Trinajstić information content (AvgIpc) is 3.27. The molecular formula is C23H18FN3O5S2. The highest BCUT2D eigenvalue weighted by Crippen LogP contribution is 2.53. The lowest BCUT2D eigenvalue weighted by Crippen LogP contribution is -2.32. The van der Waals surface area contributed by atoms with Crippen molar-refractivity contribution in [2.24, 2.45) is 5.92 Å². The fourth-order valence-corrected chi connectivity index (χ4v) is 7.13. The Morgan fingerprint density at radius 3 is 2.59 bits per heavy atom. The Labute approximate surface area is 201 Å². The van der Waals surface area contributed by atoms with Gasteiger partial charge < -0.3 is 4.74 Å². The first-order valence-electron chi connectivity index (χ1n) is 10.5. The van der Waals surface area contributed by atoms with Crippen LogP contribution in [0.1, 0.15) is 23.3 Å². The van der Waals surface area contributed by atoms with Crippen LogP contribution in [-0.2, 0) is 25.7 Å². The zero-order valence-corrected chi connectivity index (χ0v) is 19.5. The Kier molecular flexibility index (Phi) is 5.82. The zero-order valence-electron chi connectivity index (χ0n) is 17.8. The fraction of sp³-hybridized carbons (Fsp3) is 0.261. The molecule has 0 aliphatic carbocycles. The van der Waals surface area contributed by atoms with Crippen molar-refractivity contribution in [3.05, 3.63) is 74.7 Å². The molecule has 5 rings (SSSR count). The number of aromatic nitrogens is 2. The normalized spacial score (nSPS) is 21.4. The highest BCUT2D eigenvalue weighted by molar-refractivity contribution is 8.00. The summed E-state index contributed by atoms with van der Waals surface area (Å²) in [5.41, 5.74) is 0.967. The van der Waals surface area contributed by atoms with Crippen LogP contribution in [0.5, 0.6) is 0 Å². The van der Waals surface area contributed by atoms with Gasteiger partial charge in [-0.15, -0.1) is 0 Å². The smallest absolute Gasteiger partial charge is 0.326 e. The van der Waals surface area contributed by atoms with Crippen LogP contribution in [-0.4, -0.2) is 39.2 Å². The number of hydrogen-bond acceptors (Lipinski definition) is 8. The molecule has 2 amide bonds. The van der Waals surface area contributed by atoms with E-state index in [1.165, 1.54) is 28.8 Å². The molecule has 3 unspecified atom stereocenters. The third-order valence-electron chi connectivity index (χ3n) is 5.77. The Morgan fingerprint density at radius 1 is 1.15 bits per heavy atom. The molecule has 2 aromatic heterocycles. The number of benzene rings is 1. The fourth-order valence-electron chi connectivity index (χ4n) is 4.35. The Morgan fingerprint density at radius 2 is 1.91 bits per heavy atom. The van der Waals surface area contributed by atoms with Crippen LogP contribution in [0.3, 0.4) is 0 Å². The van der Waals surface area contributed by atoms with E-state index in [-0.39, 0.29) is 23.7 Å². The number of thioether (sulfide) groups is 1. The van der Waals surface area contributed by atoms with Gasteiger partial charge >= 0.3 is 10.8 Å². The largest absolute Gasteiger partial charge is 0.465 e. The van der Waals surface area contributed by atoms with E-state index < -0.39 is 40.7 Å². The lowest BCUT2D eigenvalue weighted by Gasteiger charge is -2.30. The average molecular weight is 500 g/mol. The summed E-state index contributed by atoms with van der Waals surface area (Å²) in [5.74, 6) is -3.30. The van der Waals surface area contributed by atoms with Gasteiger partial charge in [0, 0.05) is 23.2 Å². The number of imide groups is 1. The molecule has 0 bridgehead atoms. The molecule has 1 fully saturated rings. The predicted octanol–water partition coefficient (Wildman–Crippen LogP) is 2.80. The van der Waals surface area contributed by atoms with Crippen molar-refractivity contribution in [2.75, 3.05) is 11.5 Å². The number of nitrogens with zero attached hydrogens (tertiary/aromatic N) is 3. The van der Waals surface area contributed by atoms with Gasteiger partial charge in [-0.1, -0.05) is 29.2 Å². The number of fused-ring (bicyclic) bond motifs is 2. The lowest BCUT2D eigenvalue weighted by atomic mass is 9.84. The summed E-state index contributed by atoms with van der Waals surface area (Å²) in [5, 5.41) is -0.349. The van der Waals surface area contributed by atoms with Crippen LogP contribution in [0.4, 0.5) is 10.1 Å². The first-order valence-corrected chi connectivity index (χ1v) is 12.2. The summed E-state index contributed by atoms with van der Waals surface area (Å²) < 4.78 is 19.8. The number of pyridine rings is 1. The molecule has 1 saturated heterocycles. The summed E-state index contributed by atoms with van der Waals surface area (Å²) in [6.45, 7) is 1.57. The van der Waals surface area contributed by atoms with E-state index in [0.29, 0.717) is 15.5 Å². The Hall–Kier alpha value is -3.31. The van der Waals surface area contributed by atoms with E-state index in [2.05, 4.69) is 4.98 Å². The minimum atomic E-state index is -0.822. The summed E-state index contributed by atoms with van der Waals surface area (Å²) >= 11 is 2.06. The molecule has 34 heavy (non-hydrogen) atoms. The maximum absolute atomic E-state index is 13.6. The van der Waals surface area contributed by atoms with Crippen molar-refractivity contribution in [1.29, 1.82) is 0 Å². The van der Waals surface area contributed by atoms with Gasteiger partial charge in [0.15, 0.2) is 0 Å². The van der Waals surface area contributed by atoms with Gasteiger partial charge in [0.1, 0.15) is 17.6 Å². The Balaban J connectivity index is 1.63. The summed E-state index contributed by atoms with van der Waals surface area (Å²) in [7, 11) is 0. The van der Waals surface area contributed by atoms with Crippen molar-refractivity contribution in [3.8, 4) is 0 Å². The van der Waals surface area contributed by atoms with E-state index in [9.17, 15) is 23.6 Å². The molecule has 0 radical (unpaired) electrons. The summed E-state index contributed by atoms with van der Waals surface area (Å²) in [6.07, 6.45) is 3.21. The van der Waals surface area contributed by atoms with E-state index in [0.717, 1.165) is 28.0 Å². The molecule has 11 heteroatoms. The van der Waals surface area contributed by atoms with Gasteiger partial charge in [0.25, 0.3) is 0 Å². The molecule has 2 aliphatic rings. The second kappa shape index (κ2) is 8.80. The van der Waals surface area contributed by atoms with Crippen LogP contribution < -0.4 is 9.77 Å². The monoisotopic (exact) mass is 499 g/mol. The minimum Gasteiger partial charge on any atom is -0.465 e. The molecule has 2 aliphatic heterocycles. The van der Waals surface area contributed by atoms with E-state index >= 15 is 0 Å². The number of hydrogen-bond donors (Lipinski definition) is 0.